The fourth-order valence-electron chi connectivity index (χ4n) is 3.27. The molecule has 1 saturated carbocycles. The van der Waals surface area contributed by atoms with Crippen LogP contribution in [0.4, 0.5) is 0 Å². The van der Waals surface area contributed by atoms with Gasteiger partial charge < -0.3 is 19.2 Å². The van der Waals surface area contributed by atoms with Gasteiger partial charge in [-0.15, -0.1) is 0 Å². The number of aromatic nitrogens is 1. The highest BCUT2D eigenvalue weighted by Gasteiger charge is 2.28. The lowest BCUT2D eigenvalue weighted by molar-refractivity contribution is 0.0766. The topological polar surface area (TPSA) is 75.8 Å². The second-order valence-corrected chi connectivity index (χ2v) is 7.37. The second kappa shape index (κ2) is 7.45. The van der Waals surface area contributed by atoms with E-state index in [0.29, 0.717) is 44.7 Å². The minimum atomic E-state index is -0.192. The molecule has 0 bridgehead atoms. The number of ether oxygens (including phenoxy) is 1. The minimum Gasteiger partial charge on any atom is -0.496 e. The average molecular weight is 401 g/mol. The van der Waals surface area contributed by atoms with Crippen LogP contribution in [-0.4, -0.2) is 48.2 Å². The Labute approximate surface area is 167 Å². The Morgan fingerprint density at radius 1 is 1.39 bits per heavy atom. The fraction of sp³-hybridized carbons (Fsp3) is 0.333. The number of amides is 1. The first-order valence-corrected chi connectivity index (χ1v) is 9.54. The van der Waals surface area contributed by atoms with Gasteiger partial charge in [0.2, 0.25) is 0 Å². The zero-order valence-electron chi connectivity index (χ0n) is 15.7. The number of aliphatic hydroxyl groups is 1. The number of hydrogen-bond donors (Lipinski definition) is 1. The molecule has 6 nitrogen and oxygen atoms in total. The number of rotatable bonds is 6. The molecule has 2 aromatic heterocycles. The van der Waals surface area contributed by atoms with E-state index < -0.39 is 0 Å². The Kier molecular flexibility index (Phi) is 5.00. The van der Waals surface area contributed by atoms with E-state index in [4.69, 9.17) is 25.9 Å². The summed E-state index contributed by atoms with van der Waals surface area (Å²) in [4.78, 5) is 18.4. The molecule has 3 aromatic rings. The monoisotopic (exact) mass is 400 g/mol. The van der Waals surface area contributed by atoms with E-state index in [1.165, 1.54) is 4.90 Å². The van der Waals surface area contributed by atoms with Crippen LogP contribution in [0, 0.1) is 0 Å². The maximum Gasteiger partial charge on any atom is 0.253 e. The Bertz CT molecular complexity index is 1040. The van der Waals surface area contributed by atoms with E-state index in [2.05, 4.69) is 4.98 Å². The highest BCUT2D eigenvalue weighted by atomic mass is 35.5. The normalized spacial score (nSPS) is 13.7. The van der Waals surface area contributed by atoms with Crippen molar-refractivity contribution in [2.45, 2.75) is 18.8 Å². The molecule has 1 fully saturated rings. The Hall–Kier alpha value is -2.57. The molecule has 2 heterocycles. The molecule has 7 heteroatoms. The molecule has 0 unspecified atom stereocenters. The third kappa shape index (κ3) is 3.34. The maximum atomic E-state index is 12.5. The zero-order chi connectivity index (χ0) is 19.8. The summed E-state index contributed by atoms with van der Waals surface area (Å²) >= 11 is 6.55. The summed E-state index contributed by atoms with van der Waals surface area (Å²) in [6, 6.07) is 7.00. The van der Waals surface area contributed by atoms with Crippen LogP contribution in [-0.2, 0) is 0 Å². The Morgan fingerprint density at radius 3 is 2.86 bits per heavy atom. The summed E-state index contributed by atoms with van der Waals surface area (Å²) in [6.45, 7) is 0.174. The van der Waals surface area contributed by atoms with E-state index in [9.17, 15) is 4.79 Å². The lowest BCUT2D eigenvalue weighted by Gasteiger charge is -2.16. The SMILES string of the molecule is COc1cc(C(=O)N(C)CCO)ccc1-c1cc2ncc(C3CC3)c(Cl)c2o1. The number of carbonyl (C=O) groups excluding carboxylic acids is 1. The van der Waals surface area contributed by atoms with Crippen LogP contribution in [0.1, 0.15) is 34.7 Å². The summed E-state index contributed by atoms with van der Waals surface area (Å²) in [5.41, 5.74) is 3.49. The number of furan rings is 1. The van der Waals surface area contributed by atoms with E-state index in [0.717, 1.165) is 18.4 Å². The quantitative estimate of drug-likeness (QED) is 0.674. The van der Waals surface area contributed by atoms with Gasteiger partial charge in [0, 0.05) is 31.4 Å². The highest BCUT2D eigenvalue weighted by molar-refractivity contribution is 6.35. The number of benzene rings is 1. The lowest BCUT2D eigenvalue weighted by atomic mass is 10.1. The van der Waals surface area contributed by atoms with Gasteiger partial charge in [-0.05, 0) is 42.5 Å². The first-order chi connectivity index (χ1) is 13.5. The lowest BCUT2D eigenvalue weighted by Crippen LogP contribution is -2.29. The molecule has 146 valence electrons. The van der Waals surface area contributed by atoms with Gasteiger partial charge in [-0.25, -0.2) is 0 Å². The number of nitrogens with zero attached hydrogens (tertiary/aromatic N) is 2. The zero-order valence-corrected chi connectivity index (χ0v) is 16.5. The number of pyridine rings is 1. The van der Waals surface area contributed by atoms with Gasteiger partial charge in [-0.1, -0.05) is 11.6 Å². The van der Waals surface area contributed by atoms with Crippen LogP contribution in [0.15, 0.2) is 34.9 Å². The number of hydrogen-bond acceptors (Lipinski definition) is 5. The predicted molar refractivity (Wildman–Crippen MR) is 107 cm³/mol. The van der Waals surface area contributed by atoms with Gasteiger partial charge in [0.15, 0.2) is 5.58 Å². The predicted octanol–water partition coefficient (Wildman–Crippen LogP) is 4.10. The largest absolute Gasteiger partial charge is 0.496 e. The van der Waals surface area contributed by atoms with Crippen molar-refractivity contribution in [2.24, 2.45) is 0 Å². The van der Waals surface area contributed by atoms with Gasteiger partial charge >= 0.3 is 0 Å². The molecule has 1 aliphatic rings. The fourth-order valence-corrected chi connectivity index (χ4v) is 3.61. The van der Waals surface area contributed by atoms with Gasteiger partial charge in [0.25, 0.3) is 5.91 Å². The number of fused-ring (bicyclic) bond motifs is 1. The molecule has 1 aromatic carbocycles. The first kappa shape index (κ1) is 18.8. The van der Waals surface area contributed by atoms with Crippen molar-refractivity contribution in [2.75, 3.05) is 27.3 Å². The molecule has 1 N–H and O–H groups in total. The third-order valence-electron chi connectivity index (χ3n) is 5.02. The van der Waals surface area contributed by atoms with Gasteiger partial charge in [-0.2, -0.15) is 0 Å². The Morgan fingerprint density at radius 2 is 2.18 bits per heavy atom. The van der Waals surface area contributed by atoms with Gasteiger partial charge in [0.1, 0.15) is 17.0 Å². The van der Waals surface area contributed by atoms with Gasteiger partial charge in [-0.3, -0.25) is 9.78 Å². The molecule has 0 radical (unpaired) electrons. The molecule has 0 aliphatic heterocycles. The molecule has 1 aliphatic carbocycles. The number of likely N-dealkylation sites (N-methyl/N-ethyl adjacent to an activating group) is 1. The van der Waals surface area contributed by atoms with Crippen LogP contribution in [0.3, 0.4) is 0 Å². The van der Waals surface area contributed by atoms with Crippen molar-refractivity contribution in [3.63, 3.8) is 0 Å². The number of carbonyl (C=O) groups is 1. The summed E-state index contributed by atoms with van der Waals surface area (Å²) in [7, 11) is 3.19. The molecule has 1 amide bonds. The average Bonchev–Trinajstić information content (AvgIpc) is 3.45. The van der Waals surface area contributed by atoms with Crippen LogP contribution in [0.2, 0.25) is 5.02 Å². The summed E-state index contributed by atoms with van der Waals surface area (Å²) in [6.07, 6.45) is 4.10. The molecule has 28 heavy (non-hydrogen) atoms. The number of methoxy groups -OCH3 is 1. The smallest absolute Gasteiger partial charge is 0.253 e. The summed E-state index contributed by atoms with van der Waals surface area (Å²) in [5, 5.41) is 9.65. The van der Waals surface area contributed by atoms with Crippen LogP contribution in [0.5, 0.6) is 5.75 Å². The van der Waals surface area contributed by atoms with E-state index in [-0.39, 0.29) is 19.1 Å². The van der Waals surface area contributed by atoms with E-state index in [1.807, 2.05) is 12.3 Å². The summed E-state index contributed by atoms with van der Waals surface area (Å²) in [5.74, 6) is 1.38. The van der Waals surface area contributed by atoms with Gasteiger partial charge in [0.05, 0.1) is 24.3 Å². The van der Waals surface area contributed by atoms with Crippen molar-refractivity contribution >= 4 is 28.6 Å². The third-order valence-corrected chi connectivity index (χ3v) is 5.41. The van der Waals surface area contributed by atoms with Crippen molar-refractivity contribution in [1.29, 1.82) is 0 Å². The highest BCUT2D eigenvalue weighted by Crippen LogP contribution is 2.46. The second-order valence-electron chi connectivity index (χ2n) is 6.99. The van der Waals surface area contributed by atoms with Crippen molar-refractivity contribution in [1.82, 2.24) is 9.88 Å². The number of aliphatic hydroxyl groups excluding tert-OH is 1. The Balaban J connectivity index is 1.72. The minimum absolute atomic E-state index is 0.0902. The summed E-state index contributed by atoms with van der Waals surface area (Å²) < 4.78 is 11.5. The first-order valence-electron chi connectivity index (χ1n) is 9.16. The molecular formula is C21H21ClN2O4. The maximum absolute atomic E-state index is 12.5. The standard InChI is InChI=1S/C21H21ClN2O4/c1-24(7-8-25)21(26)13-5-6-14(17(9-13)27-2)18-10-16-20(28-18)19(22)15(11-23-16)12-3-4-12/h5-6,9-12,25H,3-4,7-8H2,1-2H3. The van der Waals surface area contributed by atoms with Crippen LogP contribution in [0.25, 0.3) is 22.4 Å². The van der Waals surface area contributed by atoms with E-state index in [1.54, 1.807) is 32.4 Å². The molecule has 4 rings (SSSR count). The molecule has 0 saturated heterocycles. The van der Waals surface area contributed by atoms with Crippen LogP contribution >= 0.6 is 11.6 Å². The van der Waals surface area contributed by atoms with Crippen molar-refractivity contribution < 1.29 is 19.1 Å². The van der Waals surface area contributed by atoms with Crippen molar-refractivity contribution in [3.8, 4) is 17.1 Å². The van der Waals surface area contributed by atoms with Crippen LogP contribution < -0.4 is 4.74 Å². The van der Waals surface area contributed by atoms with E-state index >= 15 is 0 Å². The number of halogens is 1. The van der Waals surface area contributed by atoms with Crippen molar-refractivity contribution in [3.05, 3.63) is 46.6 Å². The molecule has 0 atom stereocenters. The molecule has 0 spiro atoms. The molecular weight excluding hydrogens is 380 g/mol.